The molecular weight excluding hydrogens is 342 g/mol. The second-order valence-electron chi connectivity index (χ2n) is 7.66. The smallest absolute Gasteiger partial charge is 0.122 e. The maximum atomic E-state index is 10.4. The minimum absolute atomic E-state index is 0.0906. The van der Waals surface area contributed by atoms with Crippen LogP contribution < -0.4 is 4.74 Å². The van der Waals surface area contributed by atoms with Gasteiger partial charge in [0.25, 0.3) is 0 Å². The average molecular weight is 373 g/mol. The van der Waals surface area contributed by atoms with E-state index in [4.69, 9.17) is 9.47 Å². The lowest BCUT2D eigenvalue weighted by Gasteiger charge is -2.34. The molecule has 0 spiro atoms. The summed E-state index contributed by atoms with van der Waals surface area (Å²) in [4.78, 5) is 2.24. The maximum absolute atomic E-state index is 10.4. The van der Waals surface area contributed by atoms with Gasteiger partial charge in [0.1, 0.15) is 18.5 Å². The van der Waals surface area contributed by atoms with Crippen molar-refractivity contribution in [1.82, 2.24) is 14.7 Å². The van der Waals surface area contributed by atoms with Gasteiger partial charge in [-0.25, -0.2) is 0 Å². The van der Waals surface area contributed by atoms with E-state index in [-0.39, 0.29) is 6.10 Å². The number of aromatic nitrogens is 2. The molecule has 6 heteroatoms. The van der Waals surface area contributed by atoms with Crippen LogP contribution in [0.25, 0.3) is 0 Å². The molecular formula is C21H31N3O3. The maximum Gasteiger partial charge on any atom is 0.122 e. The zero-order valence-electron chi connectivity index (χ0n) is 16.8. The normalized spacial score (nSPS) is 19.2. The molecule has 6 nitrogen and oxygen atoms in total. The van der Waals surface area contributed by atoms with E-state index in [0.717, 1.165) is 36.5 Å². The van der Waals surface area contributed by atoms with Gasteiger partial charge in [-0.05, 0) is 56.0 Å². The number of morpholine rings is 1. The summed E-state index contributed by atoms with van der Waals surface area (Å²) in [6.07, 6.45) is 3.44. The Morgan fingerprint density at radius 3 is 2.81 bits per heavy atom. The molecule has 0 aliphatic carbocycles. The summed E-state index contributed by atoms with van der Waals surface area (Å²) < 4.78 is 13.7. The highest BCUT2D eigenvalue weighted by Crippen LogP contribution is 2.23. The van der Waals surface area contributed by atoms with Crippen molar-refractivity contribution in [2.45, 2.75) is 46.4 Å². The summed E-state index contributed by atoms with van der Waals surface area (Å²) in [5.74, 6) is 0.862. The molecule has 3 rings (SSSR count). The van der Waals surface area contributed by atoms with Crippen molar-refractivity contribution in [1.29, 1.82) is 0 Å². The molecule has 1 aliphatic heterocycles. The summed E-state index contributed by atoms with van der Waals surface area (Å²) in [7, 11) is 0. The first-order valence-corrected chi connectivity index (χ1v) is 9.62. The van der Waals surface area contributed by atoms with E-state index in [0.29, 0.717) is 19.8 Å². The standard InChI is InChI=1S/C21H31N3O3/c1-15-7-17(3)18(4)21(8-15)27-14-19(25)11-23-5-6-26-20(12-23)13-24-10-16(2)9-22-24/h7-10,19-20,25H,5-6,11-14H2,1-4H3. The third-order valence-corrected chi connectivity index (χ3v) is 5.04. The highest BCUT2D eigenvalue weighted by atomic mass is 16.5. The molecule has 2 aromatic rings. The number of ether oxygens (including phenoxy) is 2. The van der Waals surface area contributed by atoms with Gasteiger partial charge in [0.2, 0.25) is 0 Å². The fourth-order valence-corrected chi connectivity index (χ4v) is 3.52. The highest BCUT2D eigenvalue weighted by Gasteiger charge is 2.23. The van der Waals surface area contributed by atoms with Crippen molar-refractivity contribution < 1.29 is 14.6 Å². The van der Waals surface area contributed by atoms with Crippen LogP contribution in [0.5, 0.6) is 5.75 Å². The summed E-state index contributed by atoms with van der Waals surface area (Å²) in [5.41, 5.74) is 4.67. The first-order chi connectivity index (χ1) is 12.9. The molecule has 2 atom stereocenters. The number of rotatable bonds is 7. The van der Waals surface area contributed by atoms with E-state index < -0.39 is 6.10 Å². The molecule has 1 N–H and O–H groups in total. The number of hydrogen-bond acceptors (Lipinski definition) is 5. The van der Waals surface area contributed by atoms with Crippen molar-refractivity contribution in [3.05, 3.63) is 46.8 Å². The van der Waals surface area contributed by atoms with E-state index in [9.17, 15) is 5.11 Å². The van der Waals surface area contributed by atoms with E-state index >= 15 is 0 Å². The molecule has 1 aromatic carbocycles. The monoisotopic (exact) mass is 373 g/mol. The molecule has 0 radical (unpaired) electrons. The molecule has 0 bridgehead atoms. The zero-order valence-corrected chi connectivity index (χ0v) is 16.8. The summed E-state index contributed by atoms with van der Waals surface area (Å²) >= 11 is 0. The molecule has 27 heavy (non-hydrogen) atoms. The fraction of sp³-hybridized carbons (Fsp3) is 0.571. The van der Waals surface area contributed by atoms with E-state index in [1.54, 1.807) is 0 Å². The van der Waals surface area contributed by atoms with E-state index in [1.807, 2.05) is 30.1 Å². The second-order valence-corrected chi connectivity index (χ2v) is 7.66. The molecule has 2 heterocycles. The lowest BCUT2D eigenvalue weighted by Crippen LogP contribution is -2.47. The first-order valence-electron chi connectivity index (χ1n) is 9.62. The van der Waals surface area contributed by atoms with Gasteiger partial charge in [-0.3, -0.25) is 9.58 Å². The number of nitrogens with zero attached hydrogens (tertiary/aromatic N) is 3. The Kier molecular flexibility index (Phi) is 6.52. The second kappa shape index (κ2) is 8.87. The molecule has 1 aromatic heterocycles. The van der Waals surface area contributed by atoms with Crippen LogP contribution in [0.1, 0.15) is 22.3 Å². The van der Waals surface area contributed by atoms with Crippen LogP contribution in [0.4, 0.5) is 0 Å². The van der Waals surface area contributed by atoms with Gasteiger partial charge in [-0.1, -0.05) is 6.07 Å². The van der Waals surface area contributed by atoms with Crippen molar-refractivity contribution in [3.8, 4) is 5.75 Å². The Bertz CT molecular complexity index is 759. The third kappa shape index (κ3) is 5.54. The van der Waals surface area contributed by atoms with Crippen LogP contribution in [0.2, 0.25) is 0 Å². The van der Waals surface area contributed by atoms with Gasteiger partial charge >= 0.3 is 0 Å². The molecule has 148 valence electrons. The van der Waals surface area contributed by atoms with Crippen LogP contribution >= 0.6 is 0 Å². The quantitative estimate of drug-likeness (QED) is 0.807. The van der Waals surface area contributed by atoms with Gasteiger partial charge < -0.3 is 14.6 Å². The van der Waals surface area contributed by atoms with Gasteiger partial charge in [0.15, 0.2) is 0 Å². The topological polar surface area (TPSA) is 59.8 Å². The molecule has 0 saturated carbocycles. The fourth-order valence-electron chi connectivity index (χ4n) is 3.52. The third-order valence-electron chi connectivity index (χ3n) is 5.04. The van der Waals surface area contributed by atoms with Crippen LogP contribution in [0, 0.1) is 27.7 Å². The predicted octanol–water partition coefficient (Wildman–Crippen LogP) is 2.26. The lowest BCUT2D eigenvalue weighted by molar-refractivity contribution is -0.0517. The Labute approximate surface area is 161 Å². The Morgan fingerprint density at radius 2 is 2.07 bits per heavy atom. The van der Waals surface area contributed by atoms with Gasteiger partial charge in [0, 0.05) is 25.8 Å². The van der Waals surface area contributed by atoms with Gasteiger partial charge in [-0.15, -0.1) is 0 Å². The van der Waals surface area contributed by atoms with Gasteiger partial charge in [0.05, 0.1) is 25.5 Å². The number of benzene rings is 1. The molecule has 0 amide bonds. The lowest BCUT2D eigenvalue weighted by atomic mass is 10.1. The zero-order chi connectivity index (χ0) is 19.4. The van der Waals surface area contributed by atoms with Crippen LogP contribution in [-0.2, 0) is 11.3 Å². The Balaban J connectivity index is 1.48. The first kappa shape index (κ1) is 19.9. The van der Waals surface area contributed by atoms with Crippen LogP contribution in [0.15, 0.2) is 24.5 Å². The van der Waals surface area contributed by atoms with Gasteiger partial charge in [-0.2, -0.15) is 5.10 Å². The Hall–Kier alpha value is -1.89. The molecule has 2 unspecified atom stereocenters. The predicted molar refractivity (Wildman–Crippen MR) is 105 cm³/mol. The summed E-state index contributed by atoms with van der Waals surface area (Å²) in [6, 6.07) is 4.18. The van der Waals surface area contributed by atoms with Crippen molar-refractivity contribution in [3.63, 3.8) is 0 Å². The molecule has 1 saturated heterocycles. The highest BCUT2D eigenvalue weighted by molar-refractivity contribution is 5.41. The average Bonchev–Trinajstić information content (AvgIpc) is 3.02. The number of aryl methyl sites for hydroxylation is 3. The van der Waals surface area contributed by atoms with Crippen molar-refractivity contribution in [2.24, 2.45) is 0 Å². The molecule has 1 fully saturated rings. The van der Waals surface area contributed by atoms with Crippen molar-refractivity contribution in [2.75, 3.05) is 32.8 Å². The summed E-state index contributed by atoms with van der Waals surface area (Å²) in [6.45, 7) is 12.1. The number of β-amino-alcohol motifs (C(OH)–C–C–N with tert-alkyl or cyclic N) is 1. The Morgan fingerprint density at radius 1 is 1.26 bits per heavy atom. The number of hydrogen-bond donors (Lipinski definition) is 1. The van der Waals surface area contributed by atoms with Crippen LogP contribution in [-0.4, -0.2) is 64.8 Å². The minimum Gasteiger partial charge on any atom is -0.491 e. The summed E-state index contributed by atoms with van der Waals surface area (Å²) in [5, 5.41) is 14.8. The number of aliphatic hydroxyl groups excluding tert-OH is 1. The van der Waals surface area contributed by atoms with Crippen molar-refractivity contribution >= 4 is 0 Å². The number of aliphatic hydroxyl groups is 1. The van der Waals surface area contributed by atoms with E-state index in [2.05, 4.69) is 36.8 Å². The largest absolute Gasteiger partial charge is 0.491 e. The van der Waals surface area contributed by atoms with E-state index in [1.165, 1.54) is 11.1 Å². The SMILES string of the molecule is Cc1cc(C)c(C)c(OCC(O)CN2CCOC(Cn3cc(C)cn3)C2)c1. The minimum atomic E-state index is -0.532. The molecule has 1 aliphatic rings. The van der Waals surface area contributed by atoms with Crippen LogP contribution in [0.3, 0.4) is 0 Å².